The number of furan rings is 1. The lowest BCUT2D eigenvalue weighted by atomic mass is 10.2. The number of non-ortho nitro benzene ring substituents is 1. The molecule has 0 N–H and O–H groups in total. The molecule has 3 rings (SSSR count). The van der Waals surface area contributed by atoms with E-state index in [-0.39, 0.29) is 18.1 Å². The Labute approximate surface area is 159 Å². The number of nitro groups is 2. The molecule has 0 bridgehead atoms. The van der Waals surface area contributed by atoms with Crippen molar-refractivity contribution in [3.63, 3.8) is 0 Å². The summed E-state index contributed by atoms with van der Waals surface area (Å²) in [6.07, 6.45) is 0. The van der Waals surface area contributed by atoms with Gasteiger partial charge in [0, 0.05) is 50.5 Å². The molecule has 2 heterocycles. The molecule has 28 heavy (non-hydrogen) atoms. The van der Waals surface area contributed by atoms with Crippen LogP contribution in [-0.2, 0) is 4.74 Å². The molecule has 1 fully saturated rings. The highest BCUT2D eigenvalue weighted by molar-refractivity contribution is 5.86. The van der Waals surface area contributed by atoms with E-state index in [9.17, 15) is 25.0 Å². The maximum atomic E-state index is 11.8. The highest BCUT2D eigenvalue weighted by Crippen LogP contribution is 2.20. The van der Waals surface area contributed by atoms with Gasteiger partial charge in [-0.05, 0) is 18.2 Å². The standard InChI is InChI=1S/C17H18N4O7/c22-17(15-5-6-16(28-15)21(25)26)27-12-11-18-7-9-19(10-8-18)13-1-3-14(4-2-13)20(23)24/h1-6H,7-12H2. The summed E-state index contributed by atoms with van der Waals surface area (Å²) in [4.78, 5) is 36.2. The van der Waals surface area contributed by atoms with Gasteiger partial charge in [0.25, 0.3) is 5.69 Å². The molecule has 1 aliphatic rings. The first-order chi connectivity index (χ1) is 13.4. The van der Waals surface area contributed by atoms with Crippen LogP contribution >= 0.6 is 0 Å². The number of carbonyl (C=O) groups is 1. The Hall–Kier alpha value is -3.47. The van der Waals surface area contributed by atoms with Crippen LogP contribution in [0.25, 0.3) is 0 Å². The van der Waals surface area contributed by atoms with E-state index in [1.54, 1.807) is 12.1 Å². The molecule has 0 unspecified atom stereocenters. The van der Waals surface area contributed by atoms with E-state index in [2.05, 4.69) is 9.80 Å². The highest BCUT2D eigenvalue weighted by atomic mass is 16.7. The summed E-state index contributed by atoms with van der Waals surface area (Å²) in [6.45, 7) is 3.67. The quantitative estimate of drug-likeness (QED) is 0.396. The molecule has 0 atom stereocenters. The molecular weight excluding hydrogens is 372 g/mol. The average molecular weight is 390 g/mol. The van der Waals surface area contributed by atoms with Gasteiger partial charge >= 0.3 is 11.9 Å². The van der Waals surface area contributed by atoms with Gasteiger partial charge in [0.1, 0.15) is 11.5 Å². The van der Waals surface area contributed by atoms with Crippen molar-refractivity contribution >= 4 is 23.2 Å². The van der Waals surface area contributed by atoms with Crippen molar-refractivity contribution in [2.75, 3.05) is 44.2 Å². The summed E-state index contributed by atoms with van der Waals surface area (Å²) in [5, 5.41) is 21.3. The minimum Gasteiger partial charge on any atom is -0.458 e. The third-order valence-corrected chi connectivity index (χ3v) is 4.41. The number of anilines is 1. The summed E-state index contributed by atoms with van der Waals surface area (Å²) in [5.74, 6) is -1.44. The number of hydrogen-bond donors (Lipinski definition) is 0. The van der Waals surface area contributed by atoms with Gasteiger partial charge in [-0.3, -0.25) is 25.1 Å². The molecule has 11 nitrogen and oxygen atoms in total. The maximum absolute atomic E-state index is 11.8. The van der Waals surface area contributed by atoms with Crippen LogP contribution in [0.2, 0.25) is 0 Å². The topological polar surface area (TPSA) is 132 Å². The summed E-state index contributed by atoms with van der Waals surface area (Å²) in [6, 6.07) is 8.76. The van der Waals surface area contributed by atoms with E-state index in [4.69, 9.17) is 9.15 Å². The van der Waals surface area contributed by atoms with Crippen molar-refractivity contribution in [2.24, 2.45) is 0 Å². The Balaban J connectivity index is 1.41. The molecule has 0 spiro atoms. The van der Waals surface area contributed by atoms with E-state index < -0.39 is 21.7 Å². The van der Waals surface area contributed by atoms with Gasteiger partial charge in [0.2, 0.25) is 5.76 Å². The second-order valence-corrected chi connectivity index (χ2v) is 6.13. The van der Waals surface area contributed by atoms with Crippen LogP contribution in [0.3, 0.4) is 0 Å². The summed E-state index contributed by atoms with van der Waals surface area (Å²) < 4.78 is 9.90. The molecule has 2 aromatic rings. The Morgan fingerprint density at radius 3 is 2.25 bits per heavy atom. The zero-order chi connectivity index (χ0) is 20.1. The number of benzene rings is 1. The number of piperazine rings is 1. The molecule has 0 aliphatic carbocycles. The average Bonchev–Trinajstić information content (AvgIpc) is 3.19. The van der Waals surface area contributed by atoms with Crippen LogP contribution in [0.15, 0.2) is 40.8 Å². The molecule has 0 radical (unpaired) electrons. The summed E-state index contributed by atoms with van der Waals surface area (Å²) >= 11 is 0. The summed E-state index contributed by atoms with van der Waals surface area (Å²) in [5.41, 5.74) is 0.988. The second kappa shape index (κ2) is 8.48. The number of hydrogen-bond acceptors (Lipinski definition) is 9. The molecule has 1 aromatic carbocycles. The second-order valence-electron chi connectivity index (χ2n) is 6.13. The third-order valence-electron chi connectivity index (χ3n) is 4.41. The number of ether oxygens (including phenoxy) is 1. The number of nitrogens with zero attached hydrogens (tertiary/aromatic N) is 4. The van der Waals surface area contributed by atoms with Crippen molar-refractivity contribution in [2.45, 2.75) is 0 Å². The molecule has 148 valence electrons. The van der Waals surface area contributed by atoms with Gasteiger partial charge in [-0.2, -0.15) is 0 Å². The fraction of sp³-hybridized carbons (Fsp3) is 0.353. The van der Waals surface area contributed by atoms with Gasteiger partial charge in [-0.25, -0.2) is 4.79 Å². The lowest BCUT2D eigenvalue weighted by molar-refractivity contribution is -0.402. The fourth-order valence-electron chi connectivity index (χ4n) is 2.89. The van der Waals surface area contributed by atoms with Gasteiger partial charge in [-0.15, -0.1) is 0 Å². The smallest absolute Gasteiger partial charge is 0.433 e. The van der Waals surface area contributed by atoms with E-state index in [1.807, 2.05) is 0 Å². The fourth-order valence-corrected chi connectivity index (χ4v) is 2.89. The molecule has 0 saturated carbocycles. The van der Waals surface area contributed by atoms with Crippen molar-refractivity contribution in [3.8, 4) is 0 Å². The number of rotatable bonds is 7. The lowest BCUT2D eigenvalue weighted by Gasteiger charge is -2.35. The van der Waals surface area contributed by atoms with Crippen LogP contribution in [-0.4, -0.2) is 60.0 Å². The Bertz CT molecular complexity index is 857. The summed E-state index contributed by atoms with van der Waals surface area (Å²) in [7, 11) is 0. The lowest BCUT2D eigenvalue weighted by Crippen LogP contribution is -2.47. The third kappa shape index (κ3) is 4.62. The predicted molar refractivity (Wildman–Crippen MR) is 97.4 cm³/mol. The van der Waals surface area contributed by atoms with E-state index >= 15 is 0 Å². The first-order valence-corrected chi connectivity index (χ1v) is 8.57. The Morgan fingerprint density at radius 1 is 1.00 bits per heavy atom. The minimum atomic E-state index is -0.738. The Morgan fingerprint density at radius 2 is 1.68 bits per heavy atom. The van der Waals surface area contributed by atoms with E-state index in [0.29, 0.717) is 6.54 Å². The van der Waals surface area contributed by atoms with Gasteiger partial charge in [-0.1, -0.05) is 0 Å². The molecule has 0 amide bonds. The maximum Gasteiger partial charge on any atom is 0.433 e. The minimum absolute atomic E-state index is 0.0612. The molecule has 1 saturated heterocycles. The Kier molecular flexibility index (Phi) is 5.84. The van der Waals surface area contributed by atoms with Gasteiger partial charge in [0.15, 0.2) is 0 Å². The number of esters is 1. The first-order valence-electron chi connectivity index (χ1n) is 8.57. The molecule has 1 aliphatic heterocycles. The van der Waals surface area contributed by atoms with Crippen molar-refractivity contribution in [1.29, 1.82) is 0 Å². The van der Waals surface area contributed by atoms with Crippen LogP contribution in [0, 0.1) is 20.2 Å². The molecule has 1 aromatic heterocycles. The SMILES string of the molecule is O=C(OCCN1CCN(c2ccc([N+](=O)[O-])cc2)CC1)c1ccc([N+](=O)[O-])o1. The normalized spacial score (nSPS) is 14.6. The van der Waals surface area contributed by atoms with E-state index in [0.717, 1.165) is 37.9 Å². The zero-order valence-electron chi connectivity index (χ0n) is 14.9. The van der Waals surface area contributed by atoms with Crippen molar-refractivity contribution < 1.29 is 23.8 Å². The molecular formula is C17H18N4O7. The van der Waals surface area contributed by atoms with Gasteiger partial charge < -0.3 is 14.1 Å². The first kappa shape index (κ1) is 19.3. The van der Waals surface area contributed by atoms with Crippen LogP contribution in [0.5, 0.6) is 0 Å². The van der Waals surface area contributed by atoms with Crippen LogP contribution in [0.1, 0.15) is 10.6 Å². The predicted octanol–water partition coefficient (Wildman–Crippen LogP) is 2.07. The van der Waals surface area contributed by atoms with Gasteiger partial charge in [0.05, 0.1) is 11.0 Å². The monoisotopic (exact) mass is 390 g/mol. The largest absolute Gasteiger partial charge is 0.458 e. The van der Waals surface area contributed by atoms with Crippen LogP contribution < -0.4 is 4.90 Å². The number of nitro benzene ring substituents is 1. The van der Waals surface area contributed by atoms with Crippen molar-refractivity contribution in [3.05, 3.63) is 62.4 Å². The van der Waals surface area contributed by atoms with Crippen molar-refractivity contribution in [1.82, 2.24) is 4.90 Å². The zero-order valence-corrected chi connectivity index (χ0v) is 14.9. The van der Waals surface area contributed by atoms with Crippen LogP contribution in [0.4, 0.5) is 17.3 Å². The van der Waals surface area contributed by atoms with E-state index in [1.165, 1.54) is 18.2 Å². The highest BCUT2D eigenvalue weighted by Gasteiger charge is 2.20. The number of carbonyl (C=O) groups excluding carboxylic acids is 1. The molecule has 11 heteroatoms.